The van der Waals surface area contributed by atoms with E-state index in [1.165, 1.54) is 0 Å². The lowest BCUT2D eigenvalue weighted by Crippen LogP contribution is -2.37. The monoisotopic (exact) mass is 469 g/mol. The third kappa shape index (κ3) is 4.17. The van der Waals surface area contributed by atoms with Crippen LogP contribution in [0.2, 0.25) is 0 Å². The summed E-state index contributed by atoms with van der Waals surface area (Å²) in [6, 6.07) is 24.7. The van der Waals surface area contributed by atoms with Crippen molar-refractivity contribution in [1.82, 2.24) is 9.47 Å². The van der Waals surface area contributed by atoms with Gasteiger partial charge in [0.1, 0.15) is 5.75 Å². The standard InChI is InChI=1S/C28H27N3O4/c1-33-22-10-6-9-21(17-22)29-28(32)31-18-20-8-4-5-11-23(20)30-15-7-12-24(30)27(31)19-13-14-25(34-2)26(16-19)35-3/h4-17,27H,18H2,1-3H3,(H,29,32)/t27-/m1/s1. The van der Waals surface area contributed by atoms with E-state index < -0.39 is 0 Å². The minimum absolute atomic E-state index is 0.220. The van der Waals surface area contributed by atoms with Gasteiger partial charge < -0.3 is 29.0 Å². The van der Waals surface area contributed by atoms with Crippen LogP contribution in [0.5, 0.6) is 17.2 Å². The molecule has 0 bridgehead atoms. The second kappa shape index (κ2) is 9.46. The maximum Gasteiger partial charge on any atom is 0.322 e. The fourth-order valence-electron chi connectivity index (χ4n) is 4.61. The average molecular weight is 470 g/mol. The van der Waals surface area contributed by atoms with Crippen LogP contribution >= 0.6 is 0 Å². The molecule has 1 N–H and O–H groups in total. The number of anilines is 1. The highest BCUT2D eigenvalue weighted by Crippen LogP contribution is 2.39. The van der Waals surface area contributed by atoms with Crippen molar-refractivity contribution < 1.29 is 19.0 Å². The molecule has 7 nitrogen and oxygen atoms in total. The summed E-state index contributed by atoms with van der Waals surface area (Å²) in [5.74, 6) is 1.92. The predicted molar refractivity (Wildman–Crippen MR) is 135 cm³/mol. The van der Waals surface area contributed by atoms with Gasteiger partial charge in [-0.15, -0.1) is 0 Å². The summed E-state index contributed by atoms with van der Waals surface area (Å²) in [5.41, 5.74) is 4.65. The predicted octanol–water partition coefficient (Wildman–Crippen LogP) is 5.64. The maximum atomic E-state index is 13.8. The number of rotatable bonds is 5. The molecule has 5 rings (SSSR count). The highest BCUT2D eigenvalue weighted by molar-refractivity contribution is 5.90. The smallest absolute Gasteiger partial charge is 0.322 e. The number of nitrogens with zero attached hydrogens (tertiary/aromatic N) is 2. The molecule has 1 aromatic heterocycles. The van der Waals surface area contributed by atoms with Crippen molar-refractivity contribution in [1.29, 1.82) is 0 Å². The molecule has 0 radical (unpaired) electrons. The van der Waals surface area contributed by atoms with Crippen LogP contribution in [-0.2, 0) is 6.54 Å². The van der Waals surface area contributed by atoms with Gasteiger partial charge in [-0.1, -0.05) is 30.3 Å². The topological polar surface area (TPSA) is 65.0 Å². The molecule has 2 heterocycles. The van der Waals surface area contributed by atoms with Crippen molar-refractivity contribution in [3.8, 4) is 22.9 Å². The van der Waals surface area contributed by atoms with E-state index in [0.717, 1.165) is 22.5 Å². The first-order chi connectivity index (χ1) is 17.1. The largest absolute Gasteiger partial charge is 0.497 e. The lowest BCUT2D eigenvalue weighted by molar-refractivity contribution is 0.194. The molecule has 0 spiro atoms. The quantitative estimate of drug-likeness (QED) is 0.411. The van der Waals surface area contributed by atoms with E-state index in [4.69, 9.17) is 14.2 Å². The van der Waals surface area contributed by atoms with Crippen LogP contribution in [0.4, 0.5) is 10.5 Å². The van der Waals surface area contributed by atoms with Crippen LogP contribution in [0.25, 0.3) is 5.69 Å². The Hall–Kier alpha value is -4.39. The number of carbonyl (C=O) groups excluding carboxylic acids is 1. The number of para-hydroxylation sites is 1. The third-order valence-corrected chi connectivity index (χ3v) is 6.27. The van der Waals surface area contributed by atoms with Crippen LogP contribution in [0, 0.1) is 0 Å². The summed E-state index contributed by atoms with van der Waals surface area (Å²) in [6.45, 7) is 0.423. The van der Waals surface area contributed by atoms with E-state index in [2.05, 4.69) is 28.1 Å². The minimum atomic E-state index is -0.372. The summed E-state index contributed by atoms with van der Waals surface area (Å²) in [7, 11) is 4.83. The van der Waals surface area contributed by atoms with Crippen molar-refractivity contribution in [3.05, 3.63) is 102 Å². The average Bonchev–Trinajstić information content (AvgIpc) is 3.32. The van der Waals surface area contributed by atoms with Crippen LogP contribution < -0.4 is 19.5 Å². The third-order valence-electron chi connectivity index (χ3n) is 6.27. The Kier molecular flexibility index (Phi) is 6.06. The first-order valence-electron chi connectivity index (χ1n) is 11.3. The fraction of sp³-hybridized carbons (Fsp3) is 0.179. The number of hydrogen-bond acceptors (Lipinski definition) is 4. The van der Waals surface area contributed by atoms with Crippen LogP contribution in [0.3, 0.4) is 0 Å². The molecule has 2 amide bonds. The number of fused-ring (bicyclic) bond motifs is 3. The number of aromatic nitrogens is 1. The van der Waals surface area contributed by atoms with Gasteiger partial charge in [0.15, 0.2) is 11.5 Å². The number of methoxy groups -OCH3 is 3. The number of urea groups is 1. The number of hydrogen-bond donors (Lipinski definition) is 1. The molecule has 1 aliphatic heterocycles. The molecule has 178 valence electrons. The van der Waals surface area contributed by atoms with Crippen molar-refractivity contribution in [2.75, 3.05) is 26.6 Å². The van der Waals surface area contributed by atoms with Gasteiger partial charge in [0.2, 0.25) is 0 Å². The van der Waals surface area contributed by atoms with Crippen LogP contribution in [0.1, 0.15) is 22.9 Å². The summed E-state index contributed by atoms with van der Waals surface area (Å²) in [6.07, 6.45) is 2.03. The van der Waals surface area contributed by atoms with Gasteiger partial charge in [-0.3, -0.25) is 0 Å². The summed E-state index contributed by atoms with van der Waals surface area (Å²) < 4.78 is 18.5. The Balaban J connectivity index is 1.63. The molecular weight excluding hydrogens is 442 g/mol. The zero-order valence-corrected chi connectivity index (χ0v) is 19.9. The zero-order valence-electron chi connectivity index (χ0n) is 19.9. The fourth-order valence-corrected chi connectivity index (χ4v) is 4.61. The first-order valence-corrected chi connectivity index (χ1v) is 11.3. The molecule has 3 aromatic carbocycles. The van der Waals surface area contributed by atoms with E-state index in [0.29, 0.717) is 29.5 Å². The van der Waals surface area contributed by atoms with Gasteiger partial charge in [0.05, 0.1) is 39.6 Å². The van der Waals surface area contributed by atoms with E-state index in [9.17, 15) is 4.79 Å². The number of nitrogens with one attached hydrogen (secondary N) is 1. The van der Waals surface area contributed by atoms with Crippen molar-refractivity contribution in [2.45, 2.75) is 12.6 Å². The van der Waals surface area contributed by atoms with Gasteiger partial charge in [0, 0.05) is 23.6 Å². The SMILES string of the molecule is COc1cccc(NC(=O)N2Cc3ccccc3-n3cccc3[C@H]2c2ccc(OC)c(OC)c2)c1. The van der Waals surface area contributed by atoms with Gasteiger partial charge in [-0.2, -0.15) is 0 Å². The Morgan fingerprint density at radius 2 is 1.69 bits per heavy atom. The van der Waals surface area contributed by atoms with Crippen LogP contribution in [-0.4, -0.2) is 36.8 Å². The second-order valence-electron chi connectivity index (χ2n) is 8.24. The Bertz CT molecular complexity index is 1360. The maximum absolute atomic E-state index is 13.8. The molecule has 0 saturated heterocycles. The summed E-state index contributed by atoms with van der Waals surface area (Å²) in [4.78, 5) is 15.7. The van der Waals surface area contributed by atoms with Crippen molar-refractivity contribution in [2.24, 2.45) is 0 Å². The molecule has 7 heteroatoms. The zero-order chi connectivity index (χ0) is 24.4. The highest BCUT2D eigenvalue weighted by atomic mass is 16.5. The highest BCUT2D eigenvalue weighted by Gasteiger charge is 2.33. The molecule has 0 fully saturated rings. The Labute approximate surface area is 204 Å². The van der Waals surface area contributed by atoms with Gasteiger partial charge in [0.25, 0.3) is 0 Å². The Morgan fingerprint density at radius 3 is 2.49 bits per heavy atom. The second-order valence-corrected chi connectivity index (χ2v) is 8.24. The van der Waals surface area contributed by atoms with Gasteiger partial charge in [-0.25, -0.2) is 4.79 Å². The minimum Gasteiger partial charge on any atom is -0.497 e. The lowest BCUT2D eigenvalue weighted by atomic mass is 10.0. The lowest BCUT2D eigenvalue weighted by Gasteiger charge is -2.31. The van der Waals surface area contributed by atoms with Crippen molar-refractivity contribution >= 4 is 11.7 Å². The van der Waals surface area contributed by atoms with Gasteiger partial charge >= 0.3 is 6.03 Å². The molecule has 0 aliphatic carbocycles. The summed E-state index contributed by atoms with van der Waals surface area (Å²) >= 11 is 0. The molecule has 0 unspecified atom stereocenters. The van der Waals surface area contributed by atoms with E-state index >= 15 is 0 Å². The molecular formula is C28H27N3O4. The number of benzene rings is 3. The number of ether oxygens (including phenoxy) is 3. The van der Waals surface area contributed by atoms with Gasteiger partial charge in [-0.05, 0) is 53.6 Å². The number of amides is 2. The molecule has 1 aliphatic rings. The molecule has 4 aromatic rings. The van der Waals surface area contributed by atoms with Crippen molar-refractivity contribution in [3.63, 3.8) is 0 Å². The van der Waals surface area contributed by atoms with E-state index in [1.807, 2.05) is 65.7 Å². The van der Waals surface area contributed by atoms with E-state index in [-0.39, 0.29) is 12.1 Å². The molecule has 35 heavy (non-hydrogen) atoms. The van der Waals surface area contributed by atoms with E-state index in [1.54, 1.807) is 27.4 Å². The summed E-state index contributed by atoms with van der Waals surface area (Å²) in [5, 5.41) is 3.06. The normalized spacial score (nSPS) is 14.4. The molecule has 1 atom stereocenters. The number of carbonyl (C=O) groups is 1. The molecule has 0 saturated carbocycles. The van der Waals surface area contributed by atoms with Crippen LogP contribution in [0.15, 0.2) is 85.1 Å². The Morgan fingerprint density at radius 1 is 0.857 bits per heavy atom. The first kappa shape index (κ1) is 22.4.